The standard InChI is InChI=1S/CH5NS2/c2-4-1-3/h3H,1-2H2. The van der Waals surface area contributed by atoms with E-state index in [0.717, 1.165) is 0 Å². The molecule has 0 atom stereocenters. The van der Waals surface area contributed by atoms with E-state index in [1.54, 1.807) is 0 Å². The van der Waals surface area contributed by atoms with Gasteiger partial charge in [0.15, 0.2) is 0 Å². The molecule has 0 saturated heterocycles. The minimum absolute atomic E-state index is 0.708. The summed E-state index contributed by atoms with van der Waals surface area (Å²) in [6.45, 7) is 0. The Labute approximate surface area is 35.5 Å². The summed E-state index contributed by atoms with van der Waals surface area (Å²) in [6, 6.07) is 0. The lowest BCUT2D eigenvalue weighted by Crippen LogP contribution is -1.71. The zero-order valence-electron chi connectivity index (χ0n) is 2.14. The van der Waals surface area contributed by atoms with Gasteiger partial charge in [0, 0.05) is 0 Å². The second kappa shape index (κ2) is 3.66. The van der Waals surface area contributed by atoms with Crippen molar-refractivity contribution in [1.82, 2.24) is 0 Å². The molecule has 1 nitrogen and oxygen atoms in total. The third kappa shape index (κ3) is 2.66. The van der Waals surface area contributed by atoms with Gasteiger partial charge in [-0.1, -0.05) is 11.9 Å². The van der Waals surface area contributed by atoms with E-state index in [4.69, 9.17) is 5.14 Å². The van der Waals surface area contributed by atoms with E-state index in [1.807, 2.05) is 0 Å². The number of hydrogen-bond acceptors (Lipinski definition) is 3. The van der Waals surface area contributed by atoms with Crippen LogP contribution in [0.25, 0.3) is 0 Å². The number of hydrogen-bond donors (Lipinski definition) is 2. The highest BCUT2D eigenvalue weighted by Crippen LogP contribution is 1.84. The van der Waals surface area contributed by atoms with Gasteiger partial charge in [0.1, 0.15) is 0 Å². The normalized spacial score (nSPS) is 7.50. The van der Waals surface area contributed by atoms with E-state index in [1.165, 1.54) is 11.9 Å². The van der Waals surface area contributed by atoms with Gasteiger partial charge in [-0.25, -0.2) is 0 Å². The Bertz CT molecular complexity index is 8.00. The van der Waals surface area contributed by atoms with Crippen LogP contribution in [0, 0.1) is 0 Å². The molecule has 0 rings (SSSR count). The minimum atomic E-state index is 0.708. The van der Waals surface area contributed by atoms with E-state index in [0.29, 0.717) is 5.08 Å². The van der Waals surface area contributed by atoms with Crippen LogP contribution in [-0.2, 0) is 0 Å². The summed E-state index contributed by atoms with van der Waals surface area (Å²) < 4.78 is 0. The van der Waals surface area contributed by atoms with Gasteiger partial charge in [0.25, 0.3) is 0 Å². The summed E-state index contributed by atoms with van der Waals surface area (Å²) in [5.74, 6) is 0. The first-order valence-electron chi connectivity index (χ1n) is 0.841. The third-order valence-corrected chi connectivity index (χ3v) is 0.671. The maximum atomic E-state index is 4.87. The van der Waals surface area contributed by atoms with Crippen molar-refractivity contribution in [3.05, 3.63) is 0 Å². The highest BCUT2D eigenvalue weighted by Gasteiger charge is 1.56. The summed E-state index contributed by atoms with van der Waals surface area (Å²) in [6.07, 6.45) is 0. The summed E-state index contributed by atoms with van der Waals surface area (Å²) in [4.78, 5) is 0. The lowest BCUT2D eigenvalue weighted by Gasteiger charge is -1.69. The van der Waals surface area contributed by atoms with Crippen molar-refractivity contribution < 1.29 is 0 Å². The van der Waals surface area contributed by atoms with Crippen molar-refractivity contribution in [2.24, 2.45) is 5.14 Å². The van der Waals surface area contributed by atoms with E-state index in [2.05, 4.69) is 12.6 Å². The molecule has 0 aliphatic carbocycles. The van der Waals surface area contributed by atoms with Crippen LogP contribution in [0.2, 0.25) is 0 Å². The van der Waals surface area contributed by atoms with Crippen LogP contribution in [0.3, 0.4) is 0 Å². The number of thiol groups is 1. The Kier molecular flexibility index (Phi) is 4.26. The molecule has 4 heavy (non-hydrogen) atoms. The second-order valence-electron chi connectivity index (χ2n) is 0.296. The summed E-state index contributed by atoms with van der Waals surface area (Å²) in [5.41, 5.74) is 0. The molecule has 0 heterocycles. The largest absolute Gasteiger partial charge is 0.277 e. The molecule has 0 radical (unpaired) electrons. The van der Waals surface area contributed by atoms with Gasteiger partial charge in [-0.3, -0.25) is 5.14 Å². The zero-order valence-corrected chi connectivity index (χ0v) is 3.85. The average Bonchev–Trinajstić information content (AvgIpc) is 1.37. The molecule has 0 bridgehead atoms. The molecule has 3 heteroatoms. The maximum absolute atomic E-state index is 4.87. The fraction of sp³-hybridized carbons (Fsp3) is 1.00. The number of rotatable bonds is 1. The molecule has 26 valence electrons. The quantitative estimate of drug-likeness (QED) is 0.281. The van der Waals surface area contributed by atoms with Gasteiger partial charge in [-0.15, -0.1) is 0 Å². The molecule has 2 N–H and O–H groups in total. The van der Waals surface area contributed by atoms with E-state index in [9.17, 15) is 0 Å². The molecule has 0 aromatic heterocycles. The molecule has 0 fully saturated rings. The smallest absolute Gasteiger partial charge is 0.0505 e. The van der Waals surface area contributed by atoms with Gasteiger partial charge in [0.2, 0.25) is 0 Å². The van der Waals surface area contributed by atoms with Crippen molar-refractivity contribution in [3.8, 4) is 0 Å². The van der Waals surface area contributed by atoms with Crippen molar-refractivity contribution in [2.45, 2.75) is 0 Å². The van der Waals surface area contributed by atoms with E-state index in [-0.39, 0.29) is 0 Å². The fourth-order valence-electron chi connectivity index (χ4n) is 0. The summed E-state index contributed by atoms with van der Waals surface area (Å²) >= 11 is 4.98. The first kappa shape index (κ1) is 4.66. The third-order valence-electron chi connectivity index (χ3n) is 0.0745. The predicted octanol–water partition coefficient (Wildman–Crippen LogP) is 0.481. The molecule has 0 saturated carbocycles. The van der Waals surface area contributed by atoms with Gasteiger partial charge >= 0.3 is 0 Å². The topological polar surface area (TPSA) is 26.0 Å². The van der Waals surface area contributed by atoms with Crippen LogP contribution >= 0.6 is 24.6 Å². The van der Waals surface area contributed by atoms with Gasteiger partial charge in [0.05, 0.1) is 5.08 Å². The summed E-state index contributed by atoms with van der Waals surface area (Å²) in [5, 5.41) is 5.58. The molecular weight excluding hydrogens is 90.2 g/mol. The Balaban J connectivity index is 1.97. The Hall–Kier alpha value is 0.660. The first-order chi connectivity index (χ1) is 1.91. The Morgan fingerprint density at radius 1 is 2.00 bits per heavy atom. The van der Waals surface area contributed by atoms with E-state index < -0.39 is 0 Å². The van der Waals surface area contributed by atoms with Crippen LogP contribution in [0.4, 0.5) is 0 Å². The molecule has 0 aromatic rings. The molecule has 0 aromatic carbocycles. The van der Waals surface area contributed by atoms with Crippen LogP contribution in [0.1, 0.15) is 0 Å². The van der Waals surface area contributed by atoms with Gasteiger partial charge < -0.3 is 0 Å². The lowest BCUT2D eigenvalue weighted by molar-refractivity contribution is 2.00. The highest BCUT2D eigenvalue weighted by atomic mass is 32.2. The molecule has 0 amide bonds. The van der Waals surface area contributed by atoms with Crippen LogP contribution in [0.5, 0.6) is 0 Å². The van der Waals surface area contributed by atoms with Crippen molar-refractivity contribution in [1.29, 1.82) is 0 Å². The Morgan fingerprint density at radius 2 is 2.25 bits per heavy atom. The van der Waals surface area contributed by atoms with Crippen LogP contribution < -0.4 is 5.14 Å². The van der Waals surface area contributed by atoms with Crippen LogP contribution in [-0.4, -0.2) is 5.08 Å². The molecular formula is CH5NS2. The number of nitrogens with two attached hydrogens (primary N) is 1. The first-order valence-corrected chi connectivity index (χ1v) is 2.52. The maximum Gasteiger partial charge on any atom is 0.0505 e. The van der Waals surface area contributed by atoms with Gasteiger partial charge in [-0.2, -0.15) is 12.6 Å². The Morgan fingerprint density at radius 3 is 2.25 bits per heavy atom. The monoisotopic (exact) mass is 95.0 g/mol. The molecule has 0 spiro atoms. The van der Waals surface area contributed by atoms with Crippen LogP contribution in [0.15, 0.2) is 0 Å². The molecule has 0 aliphatic rings. The van der Waals surface area contributed by atoms with Crippen molar-refractivity contribution >= 4 is 24.6 Å². The van der Waals surface area contributed by atoms with E-state index >= 15 is 0 Å². The zero-order chi connectivity index (χ0) is 3.41. The average molecular weight is 95.2 g/mol. The second-order valence-corrected chi connectivity index (χ2v) is 1.66. The van der Waals surface area contributed by atoms with Gasteiger partial charge in [-0.05, 0) is 0 Å². The molecule has 0 aliphatic heterocycles. The molecule has 0 unspecified atom stereocenters. The summed E-state index contributed by atoms with van der Waals surface area (Å²) in [7, 11) is 0. The highest BCUT2D eigenvalue weighted by molar-refractivity contribution is 8.07. The van der Waals surface area contributed by atoms with Crippen molar-refractivity contribution in [2.75, 3.05) is 5.08 Å². The minimum Gasteiger partial charge on any atom is -0.277 e. The van der Waals surface area contributed by atoms with Crippen molar-refractivity contribution in [3.63, 3.8) is 0 Å². The predicted molar refractivity (Wildman–Crippen MR) is 25.6 cm³/mol. The SMILES string of the molecule is NSCS. The lowest BCUT2D eigenvalue weighted by atomic mass is 11.9. The fourth-order valence-corrected chi connectivity index (χ4v) is 0.